The maximum absolute atomic E-state index is 11.8. The molecule has 0 amide bonds. The van der Waals surface area contributed by atoms with Gasteiger partial charge in [-0.05, 0) is 26.7 Å². The molecular formula is C11H22N2O2S. The molecule has 3 unspecified atom stereocenters. The van der Waals surface area contributed by atoms with Crippen LogP contribution < -0.4 is 5.32 Å². The van der Waals surface area contributed by atoms with Gasteiger partial charge >= 0.3 is 0 Å². The number of hydrogen-bond donors (Lipinski definition) is 1. The third-order valence-corrected chi connectivity index (χ3v) is 6.05. The summed E-state index contributed by atoms with van der Waals surface area (Å²) in [7, 11) is -2.79. The fraction of sp³-hybridized carbons (Fsp3) is 1.00. The molecule has 1 N–H and O–H groups in total. The van der Waals surface area contributed by atoms with Crippen molar-refractivity contribution < 1.29 is 8.42 Å². The standard InChI is InChI=1S/C11H22N2O2S/c1-9-7-13(10(2)6-12-9)8-11-4-3-5-16(11,14)15/h9-12H,3-8H2,1-2H3. The van der Waals surface area contributed by atoms with Crippen LogP contribution >= 0.6 is 0 Å². The molecule has 2 rings (SSSR count). The molecule has 0 spiro atoms. The zero-order valence-electron chi connectivity index (χ0n) is 10.1. The minimum absolute atomic E-state index is 0.111. The average molecular weight is 246 g/mol. The lowest BCUT2D eigenvalue weighted by Gasteiger charge is -2.38. The fourth-order valence-corrected chi connectivity index (χ4v) is 4.52. The largest absolute Gasteiger partial charge is 0.311 e. The highest BCUT2D eigenvalue weighted by atomic mass is 32.2. The molecule has 0 aromatic rings. The molecule has 0 radical (unpaired) electrons. The topological polar surface area (TPSA) is 49.4 Å². The van der Waals surface area contributed by atoms with Crippen LogP contribution in [-0.2, 0) is 9.84 Å². The van der Waals surface area contributed by atoms with Crippen molar-refractivity contribution in [2.75, 3.05) is 25.4 Å². The average Bonchev–Trinajstić information content (AvgIpc) is 2.52. The number of nitrogens with zero attached hydrogens (tertiary/aromatic N) is 1. The van der Waals surface area contributed by atoms with Crippen LogP contribution in [0.3, 0.4) is 0 Å². The molecule has 2 heterocycles. The monoisotopic (exact) mass is 246 g/mol. The summed E-state index contributed by atoms with van der Waals surface area (Å²) < 4.78 is 23.6. The summed E-state index contributed by atoms with van der Waals surface area (Å²) in [5.74, 6) is 0.397. The minimum Gasteiger partial charge on any atom is -0.311 e. The van der Waals surface area contributed by atoms with Gasteiger partial charge in [-0.25, -0.2) is 8.42 Å². The van der Waals surface area contributed by atoms with Crippen molar-refractivity contribution in [1.29, 1.82) is 0 Å². The van der Waals surface area contributed by atoms with Crippen LogP contribution in [0, 0.1) is 0 Å². The second-order valence-electron chi connectivity index (χ2n) is 5.24. The highest BCUT2D eigenvalue weighted by Crippen LogP contribution is 2.22. The predicted octanol–water partition coefficient (Wildman–Crippen LogP) is 0.246. The molecule has 3 atom stereocenters. The van der Waals surface area contributed by atoms with Crippen molar-refractivity contribution in [2.45, 2.75) is 44.0 Å². The first-order valence-corrected chi connectivity index (χ1v) is 7.89. The predicted molar refractivity (Wildman–Crippen MR) is 65.3 cm³/mol. The Morgan fingerprint density at radius 3 is 2.75 bits per heavy atom. The van der Waals surface area contributed by atoms with Crippen LogP contribution in [0.2, 0.25) is 0 Å². The van der Waals surface area contributed by atoms with Gasteiger partial charge in [-0.1, -0.05) is 0 Å². The first-order chi connectivity index (χ1) is 7.49. The van der Waals surface area contributed by atoms with Gasteiger partial charge in [0, 0.05) is 31.7 Å². The van der Waals surface area contributed by atoms with E-state index in [2.05, 4.69) is 24.1 Å². The Labute approximate surface area is 98.3 Å². The Morgan fingerprint density at radius 2 is 2.12 bits per heavy atom. The molecule has 4 nitrogen and oxygen atoms in total. The Morgan fingerprint density at radius 1 is 1.38 bits per heavy atom. The van der Waals surface area contributed by atoms with Gasteiger partial charge in [-0.15, -0.1) is 0 Å². The smallest absolute Gasteiger partial charge is 0.154 e. The number of piperazine rings is 1. The molecule has 0 saturated carbocycles. The van der Waals surface area contributed by atoms with Gasteiger partial charge < -0.3 is 5.32 Å². The molecule has 94 valence electrons. The van der Waals surface area contributed by atoms with E-state index in [0.29, 0.717) is 17.8 Å². The van der Waals surface area contributed by atoms with Gasteiger partial charge in [0.15, 0.2) is 9.84 Å². The second-order valence-corrected chi connectivity index (χ2v) is 7.64. The molecule has 2 aliphatic heterocycles. The van der Waals surface area contributed by atoms with Gasteiger partial charge in [-0.3, -0.25) is 4.90 Å². The lowest BCUT2D eigenvalue weighted by Crippen LogP contribution is -2.56. The molecule has 16 heavy (non-hydrogen) atoms. The maximum atomic E-state index is 11.8. The van der Waals surface area contributed by atoms with E-state index >= 15 is 0 Å². The quantitative estimate of drug-likeness (QED) is 0.758. The summed E-state index contributed by atoms with van der Waals surface area (Å²) in [5.41, 5.74) is 0. The summed E-state index contributed by atoms with van der Waals surface area (Å²) in [6.07, 6.45) is 1.70. The summed E-state index contributed by atoms with van der Waals surface area (Å²) >= 11 is 0. The maximum Gasteiger partial charge on any atom is 0.154 e. The first kappa shape index (κ1) is 12.3. The zero-order valence-corrected chi connectivity index (χ0v) is 11.0. The summed E-state index contributed by atoms with van der Waals surface area (Å²) in [4.78, 5) is 2.33. The number of nitrogens with one attached hydrogen (secondary N) is 1. The van der Waals surface area contributed by atoms with Gasteiger partial charge in [0.05, 0.1) is 11.0 Å². The summed E-state index contributed by atoms with van der Waals surface area (Å²) in [6, 6.07) is 0.923. The molecule has 0 aromatic carbocycles. The van der Waals surface area contributed by atoms with E-state index in [-0.39, 0.29) is 5.25 Å². The molecule has 0 aromatic heterocycles. The van der Waals surface area contributed by atoms with E-state index in [4.69, 9.17) is 0 Å². The zero-order chi connectivity index (χ0) is 11.8. The second kappa shape index (κ2) is 4.63. The summed E-state index contributed by atoms with van der Waals surface area (Å²) in [6.45, 7) is 6.99. The summed E-state index contributed by atoms with van der Waals surface area (Å²) in [5, 5.41) is 3.31. The lowest BCUT2D eigenvalue weighted by atomic mass is 10.1. The van der Waals surface area contributed by atoms with Crippen LogP contribution in [0.25, 0.3) is 0 Å². The third-order valence-electron chi connectivity index (χ3n) is 3.79. The highest BCUT2D eigenvalue weighted by Gasteiger charge is 2.34. The van der Waals surface area contributed by atoms with E-state index in [0.717, 1.165) is 32.5 Å². The molecule has 2 fully saturated rings. The van der Waals surface area contributed by atoms with Crippen LogP contribution in [0.1, 0.15) is 26.7 Å². The van der Waals surface area contributed by atoms with Crippen LogP contribution in [-0.4, -0.2) is 56.0 Å². The van der Waals surface area contributed by atoms with Gasteiger partial charge in [0.25, 0.3) is 0 Å². The minimum atomic E-state index is -2.79. The van der Waals surface area contributed by atoms with Crippen molar-refractivity contribution in [3.8, 4) is 0 Å². The SMILES string of the molecule is CC1CN(CC2CCCS2(=O)=O)C(C)CN1. The van der Waals surface area contributed by atoms with Crippen molar-refractivity contribution in [3.63, 3.8) is 0 Å². The molecule has 0 bridgehead atoms. The molecule has 2 aliphatic rings. The van der Waals surface area contributed by atoms with Gasteiger partial charge in [-0.2, -0.15) is 0 Å². The molecule has 2 saturated heterocycles. The van der Waals surface area contributed by atoms with Crippen molar-refractivity contribution >= 4 is 9.84 Å². The van der Waals surface area contributed by atoms with E-state index in [1.807, 2.05) is 0 Å². The molecule has 0 aliphatic carbocycles. The van der Waals surface area contributed by atoms with Crippen molar-refractivity contribution in [2.24, 2.45) is 0 Å². The van der Waals surface area contributed by atoms with Gasteiger partial charge in [0.2, 0.25) is 0 Å². The third kappa shape index (κ3) is 2.57. The van der Waals surface area contributed by atoms with Crippen LogP contribution in [0.15, 0.2) is 0 Å². The Hall–Kier alpha value is -0.130. The van der Waals surface area contributed by atoms with Crippen molar-refractivity contribution in [1.82, 2.24) is 10.2 Å². The Bertz CT molecular complexity index is 342. The van der Waals surface area contributed by atoms with E-state index in [9.17, 15) is 8.42 Å². The molecule has 5 heteroatoms. The van der Waals surface area contributed by atoms with E-state index in [1.165, 1.54) is 0 Å². The number of hydrogen-bond acceptors (Lipinski definition) is 4. The fourth-order valence-electron chi connectivity index (χ4n) is 2.68. The lowest BCUT2D eigenvalue weighted by molar-refractivity contribution is 0.146. The van der Waals surface area contributed by atoms with Crippen LogP contribution in [0.5, 0.6) is 0 Å². The Balaban J connectivity index is 1.98. The highest BCUT2D eigenvalue weighted by molar-refractivity contribution is 7.92. The van der Waals surface area contributed by atoms with Gasteiger partial charge in [0.1, 0.15) is 0 Å². The van der Waals surface area contributed by atoms with E-state index in [1.54, 1.807) is 0 Å². The number of rotatable bonds is 2. The number of sulfone groups is 1. The normalized spacial score (nSPS) is 40.0. The van der Waals surface area contributed by atoms with Crippen LogP contribution in [0.4, 0.5) is 0 Å². The van der Waals surface area contributed by atoms with Crippen molar-refractivity contribution in [3.05, 3.63) is 0 Å². The Kier molecular flexibility index (Phi) is 3.56. The molecular weight excluding hydrogens is 224 g/mol. The first-order valence-electron chi connectivity index (χ1n) is 6.18. The van der Waals surface area contributed by atoms with E-state index < -0.39 is 9.84 Å².